The summed E-state index contributed by atoms with van der Waals surface area (Å²) in [5.74, 6) is -1.32. The van der Waals surface area contributed by atoms with Crippen LogP contribution in [0.25, 0.3) is 0 Å². The van der Waals surface area contributed by atoms with Crippen LogP contribution in [0.5, 0.6) is 0 Å². The highest BCUT2D eigenvalue weighted by Crippen LogP contribution is 2.28. The summed E-state index contributed by atoms with van der Waals surface area (Å²) >= 11 is 0. The van der Waals surface area contributed by atoms with Gasteiger partial charge in [0.15, 0.2) is 6.29 Å². The number of likely N-dealkylation sites (tertiary alicyclic amines) is 1. The molecule has 0 aromatic carbocycles. The fourth-order valence-corrected chi connectivity index (χ4v) is 2.36. The number of carbonyl (C=O) groups excluding carboxylic acids is 4. The predicted octanol–water partition coefficient (Wildman–Crippen LogP) is -0.131. The number of aldehydes is 1. The van der Waals surface area contributed by atoms with Crippen molar-refractivity contribution >= 4 is 24.3 Å². The van der Waals surface area contributed by atoms with E-state index in [2.05, 4.69) is 10.1 Å². The van der Waals surface area contributed by atoms with Gasteiger partial charge in [-0.3, -0.25) is 9.59 Å². The molecule has 0 aromatic rings. The molecule has 24 heavy (non-hydrogen) atoms. The van der Waals surface area contributed by atoms with Crippen LogP contribution in [0.15, 0.2) is 0 Å². The molecule has 136 valence electrons. The van der Waals surface area contributed by atoms with Crippen LogP contribution in [-0.2, 0) is 28.6 Å². The van der Waals surface area contributed by atoms with Crippen molar-refractivity contribution in [1.29, 1.82) is 0 Å². The van der Waals surface area contributed by atoms with Gasteiger partial charge in [-0.1, -0.05) is 0 Å². The van der Waals surface area contributed by atoms with Crippen molar-refractivity contribution in [3.8, 4) is 0 Å². The molecule has 1 aliphatic rings. The van der Waals surface area contributed by atoms with Gasteiger partial charge in [-0.2, -0.15) is 0 Å². The molecule has 1 N–H and O–H groups in total. The maximum absolute atomic E-state index is 12.0. The maximum atomic E-state index is 12.0. The quantitative estimate of drug-likeness (QED) is 0.406. The molecule has 9 heteroatoms. The van der Waals surface area contributed by atoms with Crippen LogP contribution in [0.4, 0.5) is 4.79 Å². The summed E-state index contributed by atoms with van der Waals surface area (Å²) < 4.78 is 14.8. The van der Waals surface area contributed by atoms with Gasteiger partial charge in [-0.25, -0.2) is 4.79 Å². The fraction of sp³-hybridized carbons (Fsp3) is 0.733. The molecule has 0 saturated carbocycles. The smallest absolute Gasteiger partial charge is 0.410 e. The van der Waals surface area contributed by atoms with Crippen LogP contribution < -0.4 is 5.32 Å². The highest BCUT2D eigenvalue weighted by molar-refractivity contribution is 5.95. The number of nitrogens with one attached hydrogen (secondary N) is 1. The van der Waals surface area contributed by atoms with Gasteiger partial charge >= 0.3 is 12.1 Å². The molecule has 1 unspecified atom stereocenters. The van der Waals surface area contributed by atoms with Gasteiger partial charge in [0.1, 0.15) is 23.7 Å². The van der Waals surface area contributed by atoms with E-state index in [-0.39, 0.29) is 13.1 Å². The Hall–Kier alpha value is -2.16. The van der Waals surface area contributed by atoms with Crippen molar-refractivity contribution in [3.05, 3.63) is 0 Å². The lowest BCUT2D eigenvalue weighted by atomic mass is 9.84. The zero-order valence-electron chi connectivity index (χ0n) is 14.6. The first-order chi connectivity index (χ1) is 11.1. The largest absolute Gasteiger partial charge is 0.469 e. The highest BCUT2D eigenvalue weighted by atomic mass is 16.6. The number of hydrogen-bond donors (Lipinski definition) is 1. The molecule has 0 aromatic heterocycles. The Labute approximate surface area is 140 Å². The molecule has 2 amide bonds. The standard InChI is InChI=1S/C15H24N2O7/c1-14(2,3)24-13(21)17-8-15(9-17,10(7-18)22-4)16-11(19)6-12(20)23-5/h7,10H,6,8-9H2,1-5H3,(H,16,19). The van der Waals surface area contributed by atoms with Crippen LogP contribution in [0.2, 0.25) is 0 Å². The van der Waals surface area contributed by atoms with Crippen molar-refractivity contribution < 1.29 is 33.4 Å². The van der Waals surface area contributed by atoms with E-state index in [1.54, 1.807) is 20.8 Å². The second-order valence-corrected chi connectivity index (χ2v) is 6.59. The van der Waals surface area contributed by atoms with Crippen molar-refractivity contribution in [3.63, 3.8) is 0 Å². The first kappa shape index (κ1) is 19.9. The number of amides is 2. The summed E-state index contributed by atoms with van der Waals surface area (Å²) in [5.41, 5.74) is -1.76. The average Bonchev–Trinajstić information content (AvgIpc) is 2.42. The van der Waals surface area contributed by atoms with Gasteiger partial charge < -0.3 is 29.2 Å². The number of ether oxygens (including phenoxy) is 3. The minimum atomic E-state index is -1.10. The molecule has 1 aliphatic heterocycles. The molecule has 0 radical (unpaired) electrons. The first-order valence-corrected chi connectivity index (χ1v) is 7.40. The highest BCUT2D eigenvalue weighted by Gasteiger charge is 2.53. The zero-order valence-corrected chi connectivity index (χ0v) is 14.6. The van der Waals surface area contributed by atoms with Gasteiger partial charge in [0.25, 0.3) is 0 Å². The summed E-state index contributed by atoms with van der Waals surface area (Å²) in [6.45, 7) is 5.27. The molecule has 1 atom stereocenters. The second kappa shape index (κ2) is 7.61. The summed E-state index contributed by atoms with van der Waals surface area (Å²) in [7, 11) is 2.49. The number of nitrogens with zero attached hydrogens (tertiary/aromatic N) is 1. The van der Waals surface area contributed by atoms with E-state index in [1.807, 2.05) is 0 Å². The van der Waals surface area contributed by atoms with Crippen molar-refractivity contribution in [2.75, 3.05) is 27.3 Å². The van der Waals surface area contributed by atoms with Crippen molar-refractivity contribution in [1.82, 2.24) is 10.2 Å². The number of esters is 1. The monoisotopic (exact) mass is 344 g/mol. The van der Waals surface area contributed by atoms with Gasteiger partial charge in [-0.05, 0) is 20.8 Å². The van der Waals surface area contributed by atoms with Gasteiger partial charge in [0.2, 0.25) is 5.91 Å². The molecule has 0 bridgehead atoms. The van der Waals surface area contributed by atoms with E-state index >= 15 is 0 Å². The number of rotatable bonds is 6. The van der Waals surface area contributed by atoms with E-state index in [0.29, 0.717) is 6.29 Å². The third-order valence-corrected chi connectivity index (χ3v) is 3.44. The maximum Gasteiger partial charge on any atom is 0.410 e. The first-order valence-electron chi connectivity index (χ1n) is 7.40. The van der Waals surface area contributed by atoms with Gasteiger partial charge in [0.05, 0.1) is 20.2 Å². The van der Waals surface area contributed by atoms with E-state index in [1.165, 1.54) is 19.1 Å². The third-order valence-electron chi connectivity index (χ3n) is 3.44. The molecule has 1 fully saturated rings. The van der Waals surface area contributed by atoms with Crippen LogP contribution in [0, 0.1) is 0 Å². The second-order valence-electron chi connectivity index (χ2n) is 6.59. The SMILES string of the molecule is COC(=O)CC(=O)NC1(C(C=O)OC)CN(C(=O)OC(C)(C)C)C1. The number of hydrogen-bond acceptors (Lipinski definition) is 7. The Kier molecular flexibility index (Phi) is 6.30. The zero-order chi connectivity index (χ0) is 18.5. The van der Waals surface area contributed by atoms with Crippen LogP contribution in [-0.4, -0.2) is 73.7 Å². The number of methoxy groups -OCH3 is 2. The van der Waals surface area contributed by atoms with Crippen LogP contribution >= 0.6 is 0 Å². The molecule has 1 saturated heterocycles. The van der Waals surface area contributed by atoms with Gasteiger partial charge in [-0.15, -0.1) is 0 Å². The Morgan fingerprint density at radius 2 is 1.83 bits per heavy atom. The van der Waals surface area contributed by atoms with Crippen molar-refractivity contribution in [2.45, 2.75) is 44.4 Å². The average molecular weight is 344 g/mol. The molecular weight excluding hydrogens is 320 g/mol. The normalized spacial score (nSPS) is 17.3. The number of carbonyl (C=O) groups is 4. The summed E-state index contributed by atoms with van der Waals surface area (Å²) in [6.07, 6.45) is -1.45. The van der Waals surface area contributed by atoms with E-state index in [0.717, 1.165) is 0 Å². The Morgan fingerprint density at radius 3 is 2.25 bits per heavy atom. The Bertz CT molecular complexity index is 506. The molecule has 0 spiro atoms. The topological polar surface area (TPSA) is 111 Å². The van der Waals surface area contributed by atoms with E-state index in [4.69, 9.17) is 9.47 Å². The molecule has 9 nitrogen and oxygen atoms in total. The molecule has 1 heterocycles. The summed E-state index contributed by atoms with van der Waals surface area (Å²) in [4.78, 5) is 47.7. The summed E-state index contributed by atoms with van der Waals surface area (Å²) in [6, 6.07) is 0. The van der Waals surface area contributed by atoms with E-state index in [9.17, 15) is 19.2 Å². The molecular formula is C15H24N2O7. The summed E-state index contributed by atoms with van der Waals surface area (Å²) in [5, 5.41) is 2.60. The Morgan fingerprint density at radius 1 is 1.25 bits per heavy atom. The fourth-order valence-electron chi connectivity index (χ4n) is 2.36. The third kappa shape index (κ3) is 4.92. The minimum absolute atomic E-state index is 0.0338. The van der Waals surface area contributed by atoms with Crippen LogP contribution in [0.1, 0.15) is 27.2 Å². The Balaban J connectivity index is 2.79. The van der Waals surface area contributed by atoms with Crippen LogP contribution in [0.3, 0.4) is 0 Å². The minimum Gasteiger partial charge on any atom is -0.469 e. The molecule has 1 rings (SSSR count). The lowest BCUT2D eigenvalue weighted by molar-refractivity contribution is -0.147. The predicted molar refractivity (Wildman–Crippen MR) is 82.2 cm³/mol. The molecule has 0 aliphatic carbocycles. The lowest BCUT2D eigenvalue weighted by Gasteiger charge is -2.51. The van der Waals surface area contributed by atoms with Crippen molar-refractivity contribution in [2.24, 2.45) is 0 Å². The van der Waals surface area contributed by atoms with E-state index < -0.39 is 41.6 Å². The van der Waals surface area contributed by atoms with Gasteiger partial charge in [0, 0.05) is 7.11 Å². The lowest BCUT2D eigenvalue weighted by Crippen LogP contribution is -2.77.